The van der Waals surface area contributed by atoms with Gasteiger partial charge in [-0.05, 0) is 69.6 Å². The number of carboxylic acid groups (broad SMARTS) is 1. The summed E-state index contributed by atoms with van der Waals surface area (Å²) in [6.07, 6.45) is 0.416. The Labute approximate surface area is 227 Å². The van der Waals surface area contributed by atoms with E-state index in [0.717, 1.165) is 5.56 Å². The Bertz CT molecular complexity index is 794. The van der Waals surface area contributed by atoms with Crippen molar-refractivity contribution in [2.24, 2.45) is 11.8 Å². The van der Waals surface area contributed by atoms with Crippen LogP contribution in [0.25, 0.3) is 0 Å². The molecule has 0 spiro atoms. The van der Waals surface area contributed by atoms with Crippen molar-refractivity contribution >= 4 is 20.4 Å². The summed E-state index contributed by atoms with van der Waals surface area (Å²) < 4.78 is 12.4. The average Bonchev–Trinajstić information content (AvgIpc) is 2.64. The Morgan fingerprint density at radius 1 is 1.03 bits per heavy atom. The van der Waals surface area contributed by atoms with Crippen LogP contribution in [-0.4, -0.2) is 43.2 Å². The van der Waals surface area contributed by atoms with Gasteiger partial charge >= 0.3 is 30.9 Å². The monoisotopic (exact) mass is 501 g/mol. The number of amides is 1. The van der Waals surface area contributed by atoms with Crippen molar-refractivity contribution < 1.29 is 44.1 Å². The van der Waals surface area contributed by atoms with Gasteiger partial charge in [-0.1, -0.05) is 65.0 Å². The van der Waals surface area contributed by atoms with Gasteiger partial charge in [0.25, 0.3) is 0 Å². The van der Waals surface area contributed by atoms with E-state index < -0.39 is 44.0 Å². The van der Waals surface area contributed by atoms with Crippen LogP contribution in [0.2, 0.25) is 18.1 Å². The van der Waals surface area contributed by atoms with Gasteiger partial charge < -0.3 is 21.0 Å². The van der Waals surface area contributed by atoms with Crippen LogP contribution in [-0.2, 0) is 20.4 Å². The van der Waals surface area contributed by atoms with Crippen molar-refractivity contribution in [1.82, 2.24) is 5.32 Å². The van der Waals surface area contributed by atoms with E-state index in [4.69, 9.17) is 9.16 Å². The smallest absolute Gasteiger partial charge is 1.00 e. The number of benzene rings is 1. The van der Waals surface area contributed by atoms with Gasteiger partial charge in [0.1, 0.15) is 5.60 Å². The molecule has 196 valence electrons. The molecule has 0 aliphatic heterocycles. The molecular weight excluding hydrogens is 453 g/mol. The molecular formula is C27H48LiNO5Si. The number of hydrogen-bond donors (Lipinski definition) is 2. The summed E-state index contributed by atoms with van der Waals surface area (Å²) >= 11 is 0. The van der Waals surface area contributed by atoms with Crippen LogP contribution < -0.4 is 24.2 Å². The fourth-order valence-corrected chi connectivity index (χ4v) is 4.97. The van der Waals surface area contributed by atoms with Gasteiger partial charge in [0, 0.05) is 0 Å². The molecule has 0 saturated heterocycles. The molecule has 1 aromatic rings. The Morgan fingerprint density at radius 2 is 1.57 bits per heavy atom. The van der Waals surface area contributed by atoms with E-state index in [9.17, 15) is 14.7 Å². The zero-order valence-electron chi connectivity index (χ0n) is 24.9. The third-order valence-electron chi connectivity index (χ3n) is 6.32. The average molecular weight is 502 g/mol. The number of alkyl carbamates (subject to hydrolysis) is 1. The third kappa shape index (κ3) is 12.5. The van der Waals surface area contributed by atoms with Crippen molar-refractivity contribution in [2.75, 3.05) is 0 Å². The van der Waals surface area contributed by atoms with Crippen molar-refractivity contribution in [2.45, 2.75) is 111 Å². The van der Waals surface area contributed by atoms with E-state index in [2.05, 4.69) is 39.2 Å². The van der Waals surface area contributed by atoms with Gasteiger partial charge in [-0.3, -0.25) is 4.79 Å². The molecule has 0 unspecified atom stereocenters. The molecule has 0 fully saturated rings. The topological polar surface area (TPSA) is 84.9 Å². The summed E-state index contributed by atoms with van der Waals surface area (Å²) in [6.45, 7) is 20.3. The van der Waals surface area contributed by atoms with Gasteiger partial charge in [-0.25, -0.2) is 4.79 Å². The maximum atomic E-state index is 12.8. The van der Waals surface area contributed by atoms with Crippen LogP contribution in [0, 0.1) is 11.8 Å². The second kappa shape index (κ2) is 13.9. The molecule has 0 bridgehead atoms. The molecule has 1 amide bonds. The molecule has 0 saturated carbocycles. The summed E-state index contributed by atoms with van der Waals surface area (Å²) in [5.41, 5.74) is 0.404. The zero-order chi connectivity index (χ0) is 26.3. The predicted molar refractivity (Wildman–Crippen MR) is 142 cm³/mol. The summed E-state index contributed by atoms with van der Waals surface area (Å²) in [7, 11) is -2.27. The van der Waals surface area contributed by atoms with Gasteiger partial charge in [0.15, 0.2) is 8.32 Å². The van der Waals surface area contributed by atoms with Crippen LogP contribution in [0.5, 0.6) is 0 Å². The molecule has 0 aliphatic rings. The van der Waals surface area contributed by atoms with Gasteiger partial charge in [-0.15, -0.1) is 0 Å². The van der Waals surface area contributed by atoms with E-state index in [-0.39, 0.29) is 31.2 Å². The van der Waals surface area contributed by atoms with Crippen molar-refractivity contribution in [3.05, 3.63) is 35.9 Å². The number of carboxylic acids is 1. The summed E-state index contributed by atoms with van der Waals surface area (Å²) in [6, 6.07) is 9.46. The van der Waals surface area contributed by atoms with E-state index >= 15 is 0 Å². The number of rotatable bonds is 11. The fourth-order valence-electron chi connectivity index (χ4n) is 3.60. The standard InChI is InChI=1S/C27H47NO5Si.Li.H/c1-19(2)16-21(24(29)30)18-23(33-34(9,10)27(6,7)8)22(17-20-14-12-11-13-15-20)28-25(31)32-26(3,4)5;;/h11-15,19,21-23H,16-18H2,1-10H3,(H,28,31)(H,29,30);;/q;+1;-1/t21-,22+,23-;;/m1../s1. The molecule has 1 rings (SSSR count). The van der Waals surface area contributed by atoms with Crippen LogP contribution in [0.4, 0.5) is 4.79 Å². The second-order valence-corrected chi connectivity index (χ2v) is 17.0. The number of carbonyl (C=O) groups is 2. The SMILES string of the molecule is CC(C)C[C@H](C[C@@H](O[Si](C)(C)C(C)(C)C)[C@H](Cc1ccccc1)NC(=O)OC(C)(C)C)C(=O)O.[H-].[Li+]. The van der Waals surface area contributed by atoms with Gasteiger partial charge in [-0.2, -0.15) is 0 Å². The maximum absolute atomic E-state index is 12.8. The van der Waals surface area contributed by atoms with Gasteiger partial charge in [0.2, 0.25) is 0 Å². The van der Waals surface area contributed by atoms with E-state index in [1.165, 1.54) is 0 Å². The summed E-state index contributed by atoms with van der Waals surface area (Å²) in [4.78, 5) is 25.0. The number of nitrogens with one attached hydrogen (secondary N) is 1. The molecule has 0 aromatic heterocycles. The van der Waals surface area contributed by atoms with Crippen LogP contribution in [0.15, 0.2) is 30.3 Å². The molecule has 8 heteroatoms. The van der Waals surface area contributed by atoms with E-state index in [1.807, 2.05) is 65.0 Å². The molecule has 0 heterocycles. The number of aliphatic carboxylic acids is 1. The molecule has 1 aromatic carbocycles. The van der Waals surface area contributed by atoms with Crippen LogP contribution >= 0.6 is 0 Å². The Hall–Kier alpha value is -1.27. The summed E-state index contributed by atoms with van der Waals surface area (Å²) in [5, 5.41) is 13.0. The van der Waals surface area contributed by atoms with Crippen LogP contribution in [0.3, 0.4) is 0 Å². The first-order valence-electron chi connectivity index (χ1n) is 12.4. The molecule has 35 heavy (non-hydrogen) atoms. The fraction of sp³-hybridized carbons (Fsp3) is 0.704. The normalized spacial score (nSPS) is 15.1. The molecule has 2 N–H and O–H groups in total. The number of hydrogen-bond acceptors (Lipinski definition) is 4. The van der Waals surface area contributed by atoms with Crippen molar-refractivity contribution in [3.8, 4) is 0 Å². The molecule has 0 radical (unpaired) electrons. The minimum atomic E-state index is -2.27. The van der Waals surface area contributed by atoms with Crippen molar-refractivity contribution in [1.29, 1.82) is 0 Å². The molecule has 3 atom stereocenters. The van der Waals surface area contributed by atoms with Crippen molar-refractivity contribution in [3.63, 3.8) is 0 Å². The maximum Gasteiger partial charge on any atom is 1.00 e. The Morgan fingerprint density at radius 3 is 2.00 bits per heavy atom. The zero-order valence-corrected chi connectivity index (χ0v) is 24.9. The first-order chi connectivity index (χ1) is 15.4. The first-order valence-corrected chi connectivity index (χ1v) is 15.3. The third-order valence-corrected chi connectivity index (χ3v) is 10.8. The summed E-state index contributed by atoms with van der Waals surface area (Å²) in [5.74, 6) is -1.15. The number of carbonyl (C=O) groups excluding carboxylic acids is 1. The van der Waals surface area contributed by atoms with Crippen LogP contribution in [0.1, 0.15) is 75.2 Å². The quantitative estimate of drug-likeness (QED) is 0.451. The first kappa shape index (κ1) is 33.7. The largest absolute Gasteiger partial charge is 1.00 e. The molecule has 0 aliphatic carbocycles. The number of ether oxygens (including phenoxy) is 1. The van der Waals surface area contributed by atoms with Gasteiger partial charge in [0.05, 0.1) is 18.1 Å². The minimum absolute atomic E-state index is 0. The minimum Gasteiger partial charge on any atom is -1.00 e. The second-order valence-electron chi connectivity index (χ2n) is 12.3. The predicted octanol–water partition coefficient (Wildman–Crippen LogP) is 3.77. The van der Waals surface area contributed by atoms with E-state index in [0.29, 0.717) is 19.3 Å². The van der Waals surface area contributed by atoms with E-state index in [1.54, 1.807) is 0 Å². The molecule has 6 nitrogen and oxygen atoms in total. The Kier molecular flexibility index (Phi) is 13.4. The Balaban J connectivity index is 0.